The molecule has 1 atom stereocenters. The zero-order chi connectivity index (χ0) is 20.6. The lowest BCUT2D eigenvalue weighted by Gasteiger charge is -2.37. The van der Waals surface area contributed by atoms with Crippen molar-refractivity contribution in [1.82, 2.24) is 10.1 Å². The highest BCUT2D eigenvalue weighted by Crippen LogP contribution is 2.39. The number of carbonyl (C=O) groups excluding carboxylic acids is 2. The van der Waals surface area contributed by atoms with E-state index < -0.39 is 5.60 Å². The van der Waals surface area contributed by atoms with Crippen LogP contribution in [0, 0.1) is 0 Å². The van der Waals surface area contributed by atoms with Crippen LogP contribution < -0.4 is 4.74 Å². The lowest BCUT2D eigenvalue weighted by molar-refractivity contribution is 0.0300. The van der Waals surface area contributed by atoms with E-state index in [2.05, 4.69) is 5.16 Å². The van der Waals surface area contributed by atoms with Crippen LogP contribution >= 0.6 is 0 Å². The molecule has 1 saturated heterocycles. The number of rotatable bonds is 2. The summed E-state index contributed by atoms with van der Waals surface area (Å²) in [5.74, 6) is 0.663. The Labute approximate surface area is 174 Å². The first-order chi connectivity index (χ1) is 14.7. The Morgan fingerprint density at radius 2 is 1.80 bits per heavy atom. The number of nitrogens with zero attached hydrogens (tertiary/aromatic N) is 2. The van der Waals surface area contributed by atoms with Crippen LogP contribution in [-0.2, 0) is 0 Å². The number of benzene rings is 2. The highest BCUT2D eigenvalue weighted by atomic mass is 16.5. The van der Waals surface area contributed by atoms with Crippen molar-refractivity contribution in [3.05, 3.63) is 72.0 Å². The number of Topliss-reactive ketones (excluding diaryl/α,β-unsaturated/α-hetero) is 1. The molecule has 0 saturated carbocycles. The number of carbonyl (C=O) groups is 2. The fourth-order valence-corrected chi connectivity index (χ4v) is 4.46. The van der Waals surface area contributed by atoms with Gasteiger partial charge in [-0.2, -0.15) is 0 Å². The summed E-state index contributed by atoms with van der Waals surface area (Å²) in [6.45, 7) is 1.13. The predicted molar refractivity (Wildman–Crippen MR) is 110 cm³/mol. The van der Waals surface area contributed by atoms with E-state index in [0.717, 1.165) is 18.4 Å². The van der Waals surface area contributed by atoms with Gasteiger partial charge in [0.2, 0.25) is 0 Å². The number of hydrogen-bond acceptors (Lipinski definition) is 5. The highest BCUT2D eigenvalue weighted by Gasteiger charge is 2.42. The van der Waals surface area contributed by atoms with Crippen molar-refractivity contribution in [1.29, 1.82) is 0 Å². The SMILES string of the molecule is O=C1CC2(CCCN(C(=O)c3conc3-c3ccccc3)CC2)Oc2ccccc21. The standard InChI is InChI=1S/C24H22N2O4/c27-20-15-24(30-21-10-5-4-9-18(20)21)11-6-13-26(14-12-24)23(28)19-16-29-25-22(19)17-7-2-1-3-8-17/h1-5,7-10,16H,6,11-15H2. The Balaban J connectivity index is 1.36. The smallest absolute Gasteiger partial charge is 0.259 e. The van der Waals surface area contributed by atoms with E-state index in [1.54, 1.807) is 0 Å². The number of aromatic nitrogens is 1. The van der Waals surface area contributed by atoms with Crippen molar-refractivity contribution < 1.29 is 18.8 Å². The van der Waals surface area contributed by atoms with Crippen molar-refractivity contribution in [2.45, 2.75) is 31.3 Å². The Kier molecular flexibility index (Phi) is 4.62. The molecule has 3 aromatic rings. The number of ketones is 1. The van der Waals surface area contributed by atoms with Gasteiger partial charge in [-0.05, 0) is 25.0 Å². The van der Waals surface area contributed by atoms with E-state index in [9.17, 15) is 9.59 Å². The molecule has 6 heteroatoms. The van der Waals surface area contributed by atoms with Crippen LogP contribution in [0.2, 0.25) is 0 Å². The molecule has 2 aromatic carbocycles. The number of fused-ring (bicyclic) bond motifs is 1. The molecule has 30 heavy (non-hydrogen) atoms. The summed E-state index contributed by atoms with van der Waals surface area (Å²) in [6, 6.07) is 17.0. The van der Waals surface area contributed by atoms with Gasteiger partial charge in [0.05, 0.1) is 12.0 Å². The van der Waals surface area contributed by atoms with E-state index in [0.29, 0.717) is 48.5 Å². The number of para-hydroxylation sites is 1. The highest BCUT2D eigenvalue weighted by molar-refractivity contribution is 6.01. The van der Waals surface area contributed by atoms with Crippen molar-refractivity contribution in [3.8, 4) is 17.0 Å². The zero-order valence-electron chi connectivity index (χ0n) is 16.5. The van der Waals surface area contributed by atoms with E-state index in [1.807, 2.05) is 59.5 Å². The maximum atomic E-state index is 13.3. The zero-order valence-corrected chi connectivity index (χ0v) is 16.5. The molecule has 0 aliphatic carbocycles. The number of likely N-dealkylation sites (tertiary alicyclic amines) is 1. The van der Waals surface area contributed by atoms with Crippen molar-refractivity contribution in [2.24, 2.45) is 0 Å². The van der Waals surface area contributed by atoms with E-state index in [4.69, 9.17) is 9.26 Å². The van der Waals surface area contributed by atoms with Gasteiger partial charge in [0, 0.05) is 25.1 Å². The third-order valence-electron chi connectivity index (χ3n) is 6.03. The molecule has 6 nitrogen and oxygen atoms in total. The van der Waals surface area contributed by atoms with Gasteiger partial charge in [0.15, 0.2) is 5.78 Å². The van der Waals surface area contributed by atoms with Crippen LogP contribution in [0.3, 0.4) is 0 Å². The van der Waals surface area contributed by atoms with E-state index >= 15 is 0 Å². The average Bonchev–Trinajstić information content (AvgIpc) is 3.18. The molecule has 1 aromatic heterocycles. The lowest BCUT2D eigenvalue weighted by atomic mass is 9.84. The van der Waals surface area contributed by atoms with Crippen LogP contribution in [0.4, 0.5) is 0 Å². The van der Waals surface area contributed by atoms with Gasteiger partial charge >= 0.3 is 0 Å². The lowest BCUT2D eigenvalue weighted by Crippen LogP contribution is -2.43. The average molecular weight is 402 g/mol. The molecular formula is C24H22N2O4. The largest absolute Gasteiger partial charge is 0.486 e. The minimum absolute atomic E-state index is 0.102. The van der Waals surface area contributed by atoms with Crippen LogP contribution in [-0.4, -0.2) is 40.4 Å². The maximum absolute atomic E-state index is 13.3. The number of amides is 1. The summed E-state index contributed by atoms with van der Waals surface area (Å²) in [5.41, 5.74) is 1.97. The Morgan fingerprint density at radius 3 is 2.67 bits per heavy atom. The monoisotopic (exact) mass is 402 g/mol. The van der Waals surface area contributed by atoms with Gasteiger partial charge in [0.1, 0.15) is 28.9 Å². The normalized spacial score (nSPS) is 21.1. The first kappa shape index (κ1) is 18.6. The molecule has 1 unspecified atom stereocenters. The van der Waals surface area contributed by atoms with Gasteiger partial charge in [-0.25, -0.2) is 0 Å². The van der Waals surface area contributed by atoms with Gasteiger partial charge < -0.3 is 14.2 Å². The van der Waals surface area contributed by atoms with E-state index in [-0.39, 0.29) is 11.7 Å². The second-order valence-corrected chi connectivity index (χ2v) is 7.97. The topological polar surface area (TPSA) is 72.6 Å². The molecular weight excluding hydrogens is 380 g/mol. The van der Waals surface area contributed by atoms with Crippen molar-refractivity contribution in [3.63, 3.8) is 0 Å². The van der Waals surface area contributed by atoms with Crippen LogP contribution in [0.25, 0.3) is 11.3 Å². The molecule has 3 heterocycles. The minimum Gasteiger partial charge on any atom is -0.486 e. The first-order valence-electron chi connectivity index (χ1n) is 10.3. The number of ether oxygens (including phenoxy) is 1. The third-order valence-corrected chi connectivity index (χ3v) is 6.03. The summed E-state index contributed by atoms with van der Waals surface area (Å²) >= 11 is 0. The molecule has 2 aliphatic rings. The second kappa shape index (κ2) is 7.44. The summed E-state index contributed by atoms with van der Waals surface area (Å²) in [4.78, 5) is 27.8. The molecule has 1 amide bonds. The van der Waals surface area contributed by atoms with Gasteiger partial charge in [-0.15, -0.1) is 0 Å². The summed E-state index contributed by atoms with van der Waals surface area (Å²) in [5, 5.41) is 4.05. The molecule has 1 fully saturated rings. The van der Waals surface area contributed by atoms with Crippen LogP contribution in [0.1, 0.15) is 46.4 Å². The molecule has 2 aliphatic heterocycles. The third kappa shape index (κ3) is 3.28. The molecule has 0 N–H and O–H groups in total. The Morgan fingerprint density at radius 1 is 1.00 bits per heavy atom. The minimum atomic E-state index is -0.544. The van der Waals surface area contributed by atoms with E-state index in [1.165, 1.54) is 6.26 Å². The maximum Gasteiger partial charge on any atom is 0.259 e. The molecule has 0 bridgehead atoms. The van der Waals surface area contributed by atoms with Crippen molar-refractivity contribution in [2.75, 3.05) is 13.1 Å². The van der Waals surface area contributed by atoms with Crippen molar-refractivity contribution >= 4 is 11.7 Å². The predicted octanol–water partition coefficient (Wildman–Crippen LogP) is 4.37. The molecule has 152 valence electrons. The molecule has 5 rings (SSSR count). The summed E-state index contributed by atoms with van der Waals surface area (Å²) in [6.07, 6.45) is 3.90. The van der Waals surface area contributed by atoms with Crippen LogP contribution in [0.15, 0.2) is 65.4 Å². The van der Waals surface area contributed by atoms with Gasteiger partial charge in [0.25, 0.3) is 5.91 Å². The second-order valence-electron chi connectivity index (χ2n) is 7.97. The summed E-state index contributed by atoms with van der Waals surface area (Å²) in [7, 11) is 0. The fourth-order valence-electron chi connectivity index (χ4n) is 4.46. The fraction of sp³-hybridized carbons (Fsp3) is 0.292. The number of hydrogen-bond donors (Lipinski definition) is 0. The molecule has 1 spiro atoms. The Bertz CT molecular complexity index is 1090. The first-order valence-corrected chi connectivity index (χ1v) is 10.3. The Hall–Kier alpha value is -3.41. The van der Waals surface area contributed by atoms with Gasteiger partial charge in [-0.1, -0.05) is 47.6 Å². The van der Waals surface area contributed by atoms with Crippen LogP contribution in [0.5, 0.6) is 5.75 Å². The van der Waals surface area contributed by atoms with Gasteiger partial charge in [-0.3, -0.25) is 9.59 Å². The quantitative estimate of drug-likeness (QED) is 0.636. The summed E-state index contributed by atoms with van der Waals surface area (Å²) < 4.78 is 11.5. The molecule has 0 radical (unpaired) electrons.